The molecule has 0 aliphatic heterocycles. The number of hydrogen-bond acceptors (Lipinski definition) is 5. The lowest BCUT2D eigenvalue weighted by Crippen LogP contribution is -2.45. The smallest absolute Gasteiger partial charge is 0.305 e. The Morgan fingerprint density at radius 2 is 0.573 bits per heavy atom. The molecule has 0 aliphatic rings. The molecule has 0 aromatic carbocycles. The van der Waals surface area contributed by atoms with Gasteiger partial charge in [-0.05, 0) is 51.4 Å². The molecule has 3 N–H and O–H groups in total. The van der Waals surface area contributed by atoms with E-state index < -0.39 is 12.1 Å². The zero-order valence-electron chi connectivity index (χ0n) is 56.0. The van der Waals surface area contributed by atoms with Gasteiger partial charge in [-0.3, -0.25) is 9.59 Å². The Balaban J connectivity index is 3.32. The van der Waals surface area contributed by atoms with Crippen molar-refractivity contribution in [3.8, 4) is 0 Å². The second-order valence-corrected chi connectivity index (χ2v) is 26.3. The molecule has 6 heteroatoms. The van der Waals surface area contributed by atoms with E-state index in [4.69, 9.17) is 4.74 Å². The summed E-state index contributed by atoms with van der Waals surface area (Å²) in [5.74, 6) is -0.00892. The van der Waals surface area contributed by atoms with Crippen molar-refractivity contribution in [2.45, 2.75) is 450 Å². The van der Waals surface area contributed by atoms with Crippen LogP contribution in [-0.4, -0.2) is 47.4 Å². The van der Waals surface area contributed by atoms with Crippen LogP contribution in [0.5, 0.6) is 0 Å². The molecule has 0 saturated heterocycles. The molecule has 488 valence electrons. The maximum atomic E-state index is 12.5. The molecule has 2 unspecified atom stereocenters. The van der Waals surface area contributed by atoms with Crippen molar-refractivity contribution in [1.29, 1.82) is 0 Å². The standard InChI is InChI=1S/C76H149NO5/c1-3-5-7-9-11-13-15-17-19-21-36-40-44-48-52-56-60-64-68-74(79)73(72-78)77-75(80)69-65-61-57-53-49-45-41-37-34-32-30-28-26-24-23-25-27-29-31-33-35-39-43-47-51-55-59-63-67-71-82-76(81)70-66-62-58-54-50-46-42-38-22-20-18-16-14-12-10-8-6-4-2/h20,22,73-74,78-79H,3-19,21,23-72H2,1-2H3,(H,77,80)/b22-20-. The van der Waals surface area contributed by atoms with Crippen LogP contribution in [0.1, 0.15) is 438 Å². The van der Waals surface area contributed by atoms with Crippen molar-refractivity contribution >= 4 is 11.9 Å². The number of ether oxygens (including phenoxy) is 1. The summed E-state index contributed by atoms with van der Waals surface area (Å²) in [6, 6.07) is -0.539. The van der Waals surface area contributed by atoms with Gasteiger partial charge in [-0.1, -0.05) is 386 Å². The quantitative estimate of drug-likeness (QED) is 0.0320. The molecule has 0 saturated carbocycles. The molecular formula is C76H149NO5. The topological polar surface area (TPSA) is 95.9 Å². The fourth-order valence-electron chi connectivity index (χ4n) is 12.3. The van der Waals surface area contributed by atoms with Crippen LogP contribution in [0.4, 0.5) is 0 Å². The zero-order chi connectivity index (χ0) is 59.2. The molecule has 0 radical (unpaired) electrons. The van der Waals surface area contributed by atoms with E-state index in [0.717, 1.165) is 44.9 Å². The van der Waals surface area contributed by atoms with Crippen LogP contribution in [0.2, 0.25) is 0 Å². The summed E-state index contributed by atoms with van der Waals surface area (Å²) >= 11 is 0. The summed E-state index contributed by atoms with van der Waals surface area (Å²) in [4.78, 5) is 24.7. The summed E-state index contributed by atoms with van der Waals surface area (Å²) in [7, 11) is 0. The minimum absolute atomic E-state index is 0.0178. The number of carbonyl (C=O) groups is 2. The van der Waals surface area contributed by atoms with E-state index in [1.165, 1.54) is 360 Å². The van der Waals surface area contributed by atoms with E-state index in [1.807, 2.05) is 0 Å². The molecule has 0 aromatic heterocycles. The maximum Gasteiger partial charge on any atom is 0.305 e. The minimum Gasteiger partial charge on any atom is -0.466 e. The lowest BCUT2D eigenvalue weighted by Gasteiger charge is -2.22. The highest BCUT2D eigenvalue weighted by molar-refractivity contribution is 5.76. The number of aliphatic hydroxyl groups excluding tert-OH is 2. The number of rotatable bonds is 72. The number of esters is 1. The molecule has 0 fully saturated rings. The van der Waals surface area contributed by atoms with Crippen LogP contribution in [-0.2, 0) is 14.3 Å². The number of unbranched alkanes of at least 4 members (excludes halogenated alkanes) is 59. The summed E-state index contributed by atoms with van der Waals surface area (Å²) < 4.78 is 5.51. The van der Waals surface area contributed by atoms with E-state index in [9.17, 15) is 19.8 Å². The van der Waals surface area contributed by atoms with Crippen LogP contribution in [0.25, 0.3) is 0 Å². The van der Waals surface area contributed by atoms with Gasteiger partial charge in [-0.2, -0.15) is 0 Å². The number of nitrogens with one attached hydrogen (secondary N) is 1. The molecular weight excluding hydrogens is 1010 g/mol. The van der Waals surface area contributed by atoms with Crippen molar-refractivity contribution in [3.05, 3.63) is 12.2 Å². The summed E-state index contributed by atoms with van der Waals surface area (Å²) in [5, 5.41) is 23.4. The first-order valence-corrected chi connectivity index (χ1v) is 37.9. The third-order valence-electron chi connectivity index (χ3n) is 18.1. The number of hydrogen-bond donors (Lipinski definition) is 3. The van der Waals surface area contributed by atoms with Crippen LogP contribution in [0.3, 0.4) is 0 Å². The van der Waals surface area contributed by atoms with E-state index >= 15 is 0 Å². The van der Waals surface area contributed by atoms with Crippen LogP contribution in [0, 0.1) is 0 Å². The largest absolute Gasteiger partial charge is 0.466 e. The Morgan fingerprint density at radius 3 is 0.866 bits per heavy atom. The summed E-state index contributed by atoms with van der Waals surface area (Å²) in [6.07, 6.45) is 90.0. The van der Waals surface area contributed by atoms with Crippen LogP contribution >= 0.6 is 0 Å². The van der Waals surface area contributed by atoms with E-state index in [2.05, 4.69) is 31.3 Å². The molecule has 6 nitrogen and oxygen atoms in total. The Morgan fingerprint density at radius 1 is 0.329 bits per heavy atom. The molecule has 0 aromatic rings. The summed E-state index contributed by atoms with van der Waals surface area (Å²) in [5.41, 5.74) is 0. The maximum absolute atomic E-state index is 12.5. The van der Waals surface area contributed by atoms with Crippen molar-refractivity contribution in [2.24, 2.45) is 0 Å². The van der Waals surface area contributed by atoms with Gasteiger partial charge in [0.1, 0.15) is 0 Å². The molecule has 0 heterocycles. The second-order valence-electron chi connectivity index (χ2n) is 26.3. The second kappa shape index (κ2) is 72.1. The normalized spacial score (nSPS) is 12.5. The van der Waals surface area contributed by atoms with Crippen LogP contribution < -0.4 is 5.32 Å². The Kier molecular flexibility index (Phi) is 70.8. The molecule has 82 heavy (non-hydrogen) atoms. The van der Waals surface area contributed by atoms with Gasteiger partial charge in [0, 0.05) is 12.8 Å². The van der Waals surface area contributed by atoms with E-state index in [1.54, 1.807) is 0 Å². The monoisotopic (exact) mass is 1160 g/mol. The number of carbonyl (C=O) groups excluding carboxylic acids is 2. The predicted molar refractivity (Wildman–Crippen MR) is 361 cm³/mol. The van der Waals surface area contributed by atoms with E-state index in [-0.39, 0.29) is 18.5 Å². The van der Waals surface area contributed by atoms with Gasteiger partial charge >= 0.3 is 5.97 Å². The lowest BCUT2D eigenvalue weighted by atomic mass is 10.0. The molecule has 0 rings (SSSR count). The first-order valence-electron chi connectivity index (χ1n) is 37.9. The van der Waals surface area contributed by atoms with Gasteiger partial charge in [-0.15, -0.1) is 0 Å². The van der Waals surface area contributed by atoms with Crippen molar-refractivity contribution in [2.75, 3.05) is 13.2 Å². The number of aliphatic hydroxyl groups is 2. The summed E-state index contributed by atoms with van der Waals surface area (Å²) in [6.45, 7) is 5.00. The van der Waals surface area contributed by atoms with Crippen LogP contribution in [0.15, 0.2) is 12.2 Å². The Bertz CT molecular complexity index is 1240. The molecule has 0 spiro atoms. The molecule has 0 aliphatic carbocycles. The van der Waals surface area contributed by atoms with Gasteiger partial charge in [0.25, 0.3) is 0 Å². The van der Waals surface area contributed by atoms with Gasteiger partial charge in [0.05, 0.1) is 25.4 Å². The minimum atomic E-state index is -0.662. The third kappa shape index (κ3) is 67.7. The Hall–Kier alpha value is -1.40. The van der Waals surface area contributed by atoms with Crippen molar-refractivity contribution < 1.29 is 24.5 Å². The highest BCUT2D eigenvalue weighted by Crippen LogP contribution is 2.20. The fraction of sp³-hybridized carbons (Fsp3) is 0.947. The molecule has 0 bridgehead atoms. The third-order valence-corrected chi connectivity index (χ3v) is 18.1. The number of allylic oxidation sites excluding steroid dienone is 2. The fourth-order valence-corrected chi connectivity index (χ4v) is 12.3. The van der Waals surface area contributed by atoms with Gasteiger partial charge in [0.2, 0.25) is 5.91 Å². The first kappa shape index (κ1) is 80.6. The molecule has 1 amide bonds. The lowest BCUT2D eigenvalue weighted by molar-refractivity contribution is -0.143. The SMILES string of the molecule is CCCCCCCCC/C=C\CCCCCCCCCC(=O)OCCCCCCCCCCCCCCCCCCCCCCCCCCCCCCCC(=O)NC(CO)C(O)CCCCCCCCCCCCCCCCCCCC. The van der Waals surface area contributed by atoms with Gasteiger partial charge in [-0.25, -0.2) is 0 Å². The average Bonchev–Trinajstić information content (AvgIpc) is 3.48. The van der Waals surface area contributed by atoms with E-state index in [0.29, 0.717) is 25.9 Å². The van der Waals surface area contributed by atoms with Crippen molar-refractivity contribution in [3.63, 3.8) is 0 Å². The zero-order valence-corrected chi connectivity index (χ0v) is 56.0. The average molecular weight is 1160 g/mol. The highest BCUT2D eigenvalue weighted by atomic mass is 16.5. The number of amides is 1. The Labute approximate surface area is 514 Å². The van der Waals surface area contributed by atoms with Crippen molar-refractivity contribution in [1.82, 2.24) is 5.32 Å². The first-order chi connectivity index (χ1) is 40.5. The predicted octanol–water partition coefficient (Wildman–Crippen LogP) is 24.7. The molecule has 2 atom stereocenters. The highest BCUT2D eigenvalue weighted by Gasteiger charge is 2.20. The van der Waals surface area contributed by atoms with Gasteiger partial charge < -0.3 is 20.3 Å². The van der Waals surface area contributed by atoms with Gasteiger partial charge in [0.15, 0.2) is 0 Å².